The summed E-state index contributed by atoms with van der Waals surface area (Å²) in [5.74, 6) is 1.69. The number of aromatic nitrogens is 2. The number of H-pyrrole nitrogens is 1. The summed E-state index contributed by atoms with van der Waals surface area (Å²) in [6.45, 7) is 2.38. The maximum absolute atomic E-state index is 5.08. The molecule has 0 fully saturated rings. The minimum Gasteiger partial charge on any atom is -0.454 e. The fourth-order valence-corrected chi connectivity index (χ4v) is 1.98. The molecule has 5 nitrogen and oxygen atoms in total. The number of aromatic amines is 1. The number of nitrogens with one attached hydrogen (secondary N) is 2. The van der Waals surface area contributed by atoms with Crippen LogP contribution in [0.4, 0.5) is 0 Å². The first-order valence-corrected chi connectivity index (χ1v) is 6.00. The number of para-hydroxylation sites is 2. The number of imidazole rings is 1. The predicted molar refractivity (Wildman–Crippen MR) is 66.6 cm³/mol. The monoisotopic (exact) mass is 245 g/mol. The Balaban J connectivity index is 0.000000111. The highest BCUT2D eigenvalue weighted by atomic mass is 16.7. The van der Waals surface area contributed by atoms with E-state index in [2.05, 4.69) is 15.3 Å². The van der Waals surface area contributed by atoms with Crippen molar-refractivity contribution in [2.24, 2.45) is 0 Å². The maximum Gasteiger partial charge on any atom is 0.231 e. The summed E-state index contributed by atoms with van der Waals surface area (Å²) in [4.78, 5) is 7.25. The maximum atomic E-state index is 5.08. The van der Waals surface area contributed by atoms with Gasteiger partial charge in [0.1, 0.15) is 0 Å². The highest BCUT2D eigenvalue weighted by Crippen LogP contribution is 2.30. The number of fused-ring (bicyclic) bond motifs is 2. The van der Waals surface area contributed by atoms with Crippen LogP contribution in [0.25, 0.3) is 0 Å². The third-order valence-corrected chi connectivity index (χ3v) is 2.93. The number of nitrogens with zero attached hydrogens (tertiary/aromatic N) is 1. The molecule has 1 aromatic heterocycles. The Labute approximate surface area is 105 Å². The molecule has 2 N–H and O–H groups in total. The average molecular weight is 245 g/mol. The van der Waals surface area contributed by atoms with Crippen molar-refractivity contribution in [2.45, 2.75) is 13.0 Å². The quantitative estimate of drug-likeness (QED) is 0.738. The van der Waals surface area contributed by atoms with Crippen molar-refractivity contribution in [1.29, 1.82) is 0 Å². The molecule has 0 unspecified atom stereocenters. The molecule has 18 heavy (non-hydrogen) atoms. The lowest BCUT2D eigenvalue weighted by Gasteiger charge is -2.09. The summed E-state index contributed by atoms with van der Waals surface area (Å²) in [6.07, 6.45) is 2.83. The summed E-state index contributed by atoms with van der Waals surface area (Å²) in [5.41, 5.74) is 2.48. The van der Waals surface area contributed by atoms with Crippen molar-refractivity contribution >= 4 is 0 Å². The normalized spacial score (nSPS) is 15.6. The van der Waals surface area contributed by atoms with Gasteiger partial charge in [-0.3, -0.25) is 0 Å². The Morgan fingerprint density at radius 1 is 1.11 bits per heavy atom. The molecule has 0 atom stereocenters. The second-order valence-corrected chi connectivity index (χ2v) is 4.11. The molecule has 0 saturated carbocycles. The third-order valence-electron chi connectivity index (χ3n) is 2.93. The SMILES string of the molecule is c1ccc2c(c1)OCO2.c1nc2c([nH]1)CNCC2. The lowest BCUT2D eigenvalue weighted by atomic mass is 10.2. The van der Waals surface area contributed by atoms with Crippen molar-refractivity contribution in [3.05, 3.63) is 42.0 Å². The van der Waals surface area contributed by atoms with E-state index < -0.39 is 0 Å². The van der Waals surface area contributed by atoms with Gasteiger partial charge in [0.15, 0.2) is 11.5 Å². The summed E-state index contributed by atoms with van der Waals surface area (Å²) >= 11 is 0. The molecule has 2 aliphatic heterocycles. The molecular weight excluding hydrogens is 230 g/mol. The van der Waals surface area contributed by atoms with Crippen molar-refractivity contribution in [2.75, 3.05) is 13.3 Å². The zero-order valence-electron chi connectivity index (χ0n) is 9.98. The van der Waals surface area contributed by atoms with E-state index in [1.807, 2.05) is 24.3 Å². The van der Waals surface area contributed by atoms with Gasteiger partial charge in [0, 0.05) is 19.5 Å². The van der Waals surface area contributed by atoms with Gasteiger partial charge in [-0.2, -0.15) is 0 Å². The number of rotatable bonds is 0. The zero-order valence-corrected chi connectivity index (χ0v) is 9.98. The van der Waals surface area contributed by atoms with Crippen LogP contribution in [0.3, 0.4) is 0 Å². The molecule has 0 aliphatic carbocycles. The topological polar surface area (TPSA) is 59.2 Å². The summed E-state index contributed by atoms with van der Waals surface area (Å²) < 4.78 is 10.2. The average Bonchev–Trinajstić information content (AvgIpc) is 3.08. The third kappa shape index (κ3) is 2.31. The van der Waals surface area contributed by atoms with Crippen LogP contribution in [0.1, 0.15) is 11.4 Å². The van der Waals surface area contributed by atoms with E-state index in [-0.39, 0.29) is 0 Å². The minimum atomic E-state index is 0.360. The molecule has 94 valence electrons. The van der Waals surface area contributed by atoms with Crippen LogP contribution in [0.2, 0.25) is 0 Å². The summed E-state index contributed by atoms with van der Waals surface area (Å²) in [7, 11) is 0. The summed E-state index contributed by atoms with van der Waals surface area (Å²) in [5, 5.41) is 3.26. The van der Waals surface area contributed by atoms with E-state index in [1.165, 1.54) is 11.4 Å². The highest BCUT2D eigenvalue weighted by Gasteiger charge is 2.09. The number of ether oxygens (including phenoxy) is 2. The van der Waals surface area contributed by atoms with Gasteiger partial charge in [-0.1, -0.05) is 12.1 Å². The van der Waals surface area contributed by atoms with E-state index in [4.69, 9.17) is 9.47 Å². The van der Waals surface area contributed by atoms with Crippen molar-refractivity contribution in [1.82, 2.24) is 15.3 Å². The first-order valence-electron chi connectivity index (χ1n) is 6.00. The molecule has 0 amide bonds. The molecule has 4 rings (SSSR count). The second kappa shape index (κ2) is 5.10. The number of benzene rings is 1. The molecular formula is C13H15N3O2. The van der Waals surface area contributed by atoms with Crippen molar-refractivity contribution < 1.29 is 9.47 Å². The Morgan fingerprint density at radius 2 is 1.89 bits per heavy atom. The van der Waals surface area contributed by atoms with Gasteiger partial charge in [-0.15, -0.1) is 0 Å². The van der Waals surface area contributed by atoms with Gasteiger partial charge in [-0.05, 0) is 12.1 Å². The Morgan fingerprint density at radius 3 is 2.61 bits per heavy atom. The van der Waals surface area contributed by atoms with Gasteiger partial charge in [0.05, 0.1) is 17.7 Å². The van der Waals surface area contributed by atoms with Gasteiger partial charge in [0.25, 0.3) is 0 Å². The van der Waals surface area contributed by atoms with Crippen LogP contribution in [0.5, 0.6) is 11.5 Å². The Kier molecular flexibility index (Phi) is 3.14. The predicted octanol–water partition coefficient (Wildman–Crippen LogP) is 1.47. The lowest BCUT2D eigenvalue weighted by molar-refractivity contribution is 0.174. The first-order chi connectivity index (χ1) is 8.93. The molecule has 2 aromatic rings. The highest BCUT2D eigenvalue weighted by molar-refractivity contribution is 5.40. The number of hydrogen-bond acceptors (Lipinski definition) is 4. The molecule has 3 heterocycles. The molecule has 5 heteroatoms. The fraction of sp³-hybridized carbons (Fsp3) is 0.308. The van der Waals surface area contributed by atoms with Crippen molar-refractivity contribution in [3.8, 4) is 11.5 Å². The van der Waals surface area contributed by atoms with Gasteiger partial charge < -0.3 is 19.8 Å². The van der Waals surface area contributed by atoms with E-state index in [0.717, 1.165) is 31.0 Å². The van der Waals surface area contributed by atoms with E-state index >= 15 is 0 Å². The van der Waals surface area contributed by atoms with Crippen LogP contribution in [0.15, 0.2) is 30.6 Å². The Bertz CT molecular complexity index is 481. The van der Waals surface area contributed by atoms with E-state index in [1.54, 1.807) is 6.33 Å². The first kappa shape index (κ1) is 11.1. The van der Waals surface area contributed by atoms with Crippen LogP contribution in [0, 0.1) is 0 Å². The smallest absolute Gasteiger partial charge is 0.231 e. The fourth-order valence-electron chi connectivity index (χ4n) is 1.98. The standard InChI is InChI=1S/C7H6O2.C6H9N3/c1-2-4-7-6(3-1)8-5-9-7;1-2-7-3-6-5(1)8-4-9-6/h1-4H,5H2;4,7H,1-3H2,(H,8,9). The molecule has 1 aromatic carbocycles. The zero-order chi connectivity index (χ0) is 12.2. The summed E-state index contributed by atoms with van der Waals surface area (Å²) in [6, 6.07) is 7.63. The van der Waals surface area contributed by atoms with Crippen LogP contribution >= 0.6 is 0 Å². The number of hydrogen-bond donors (Lipinski definition) is 2. The Hall–Kier alpha value is -2.01. The largest absolute Gasteiger partial charge is 0.454 e. The molecule has 0 radical (unpaired) electrons. The molecule has 0 spiro atoms. The second-order valence-electron chi connectivity index (χ2n) is 4.11. The van der Waals surface area contributed by atoms with Crippen LogP contribution < -0.4 is 14.8 Å². The van der Waals surface area contributed by atoms with Crippen LogP contribution in [-0.2, 0) is 13.0 Å². The molecule has 0 saturated heterocycles. The van der Waals surface area contributed by atoms with Gasteiger partial charge in [-0.25, -0.2) is 4.98 Å². The molecule has 0 bridgehead atoms. The van der Waals surface area contributed by atoms with E-state index in [9.17, 15) is 0 Å². The van der Waals surface area contributed by atoms with Crippen molar-refractivity contribution in [3.63, 3.8) is 0 Å². The van der Waals surface area contributed by atoms with Crippen LogP contribution in [-0.4, -0.2) is 23.3 Å². The molecule has 2 aliphatic rings. The minimum absolute atomic E-state index is 0.360. The lowest BCUT2D eigenvalue weighted by Crippen LogP contribution is -2.23. The van der Waals surface area contributed by atoms with E-state index in [0.29, 0.717) is 6.79 Å². The van der Waals surface area contributed by atoms with Gasteiger partial charge >= 0.3 is 0 Å². The van der Waals surface area contributed by atoms with Gasteiger partial charge in [0.2, 0.25) is 6.79 Å².